The molecular formula is C10H20N2O4Si. The minimum atomic E-state index is -2.54. The van der Waals surface area contributed by atoms with Crippen molar-refractivity contribution in [3.63, 3.8) is 0 Å². The van der Waals surface area contributed by atoms with E-state index in [9.17, 15) is 4.79 Å². The molecule has 0 saturated carbocycles. The number of rotatable bonds is 8. The summed E-state index contributed by atoms with van der Waals surface area (Å²) in [5, 5.41) is 8.40. The van der Waals surface area contributed by atoms with Gasteiger partial charge in [-0.05, 0) is 6.42 Å². The minimum Gasteiger partial charge on any atom is -0.377 e. The lowest BCUT2D eigenvalue weighted by atomic mass is 10.3. The van der Waals surface area contributed by atoms with E-state index in [1.165, 1.54) is 4.90 Å². The van der Waals surface area contributed by atoms with Gasteiger partial charge < -0.3 is 18.2 Å². The summed E-state index contributed by atoms with van der Waals surface area (Å²) >= 11 is 0. The Kier molecular flexibility index (Phi) is 7.74. The zero-order valence-electron chi connectivity index (χ0n) is 10.9. The Morgan fingerprint density at radius 2 is 1.82 bits per heavy atom. The highest BCUT2D eigenvalue weighted by atomic mass is 28.4. The number of hydrogen-bond donors (Lipinski definition) is 0. The molecule has 0 heterocycles. The van der Waals surface area contributed by atoms with Crippen LogP contribution in [0.15, 0.2) is 0 Å². The van der Waals surface area contributed by atoms with Crippen molar-refractivity contribution >= 4 is 14.7 Å². The average molecular weight is 260 g/mol. The van der Waals surface area contributed by atoms with Crippen molar-refractivity contribution in [1.29, 1.82) is 5.26 Å². The molecule has 0 aliphatic carbocycles. The van der Waals surface area contributed by atoms with E-state index in [-0.39, 0.29) is 12.3 Å². The van der Waals surface area contributed by atoms with E-state index in [1.54, 1.807) is 28.4 Å². The second-order valence-corrected chi connectivity index (χ2v) is 6.64. The Bertz CT molecular complexity index is 268. The predicted molar refractivity (Wildman–Crippen MR) is 64.1 cm³/mol. The number of carbonyl (C=O) groups excluding carboxylic acids is 1. The maximum Gasteiger partial charge on any atom is 0.500 e. The highest BCUT2D eigenvalue weighted by Gasteiger charge is 2.37. The first-order valence-corrected chi connectivity index (χ1v) is 7.24. The molecule has 0 bridgehead atoms. The highest BCUT2D eigenvalue weighted by molar-refractivity contribution is 6.60. The lowest BCUT2D eigenvalue weighted by Crippen LogP contribution is -2.43. The van der Waals surface area contributed by atoms with Gasteiger partial charge in [0.25, 0.3) is 0 Å². The highest BCUT2D eigenvalue weighted by Crippen LogP contribution is 2.15. The van der Waals surface area contributed by atoms with E-state index in [4.69, 9.17) is 18.5 Å². The smallest absolute Gasteiger partial charge is 0.377 e. The Balaban J connectivity index is 4.05. The summed E-state index contributed by atoms with van der Waals surface area (Å²) in [4.78, 5) is 12.9. The van der Waals surface area contributed by atoms with Crippen LogP contribution < -0.4 is 0 Å². The van der Waals surface area contributed by atoms with Crippen molar-refractivity contribution in [1.82, 2.24) is 4.90 Å². The zero-order chi connectivity index (χ0) is 13.3. The quantitative estimate of drug-likeness (QED) is 0.598. The first-order chi connectivity index (χ1) is 8.05. The summed E-state index contributed by atoms with van der Waals surface area (Å²) in [6.45, 7) is 0.561. The molecule has 0 unspecified atom stereocenters. The van der Waals surface area contributed by atoms with Crippen molar-refractivity contribution in [2.75, 3.05) is 34.9 Å². The minimum absolute atomic E-state index is 0.0854. The van der Waals surface area contributed by atoms with Crippen LogP contribution >= 0.6 is 0 Å². The molecule has 0 aliphatic heterocycles. The maximum absolute atomic E-state index is 11.3. The third kappa shape index (κ3) is 5.28. The van der Waals surface area contributed by atoms with E-state index >= 15 is 0 Å². The van der Waals surface area contributed by atoms with Crippen molar-refractivity contribution in [2.45, 2.75) is 18.9 Å². The molecule has 6 nitrogen and oxygen atoms in total. The van der Waals surface area contributed by atoms with Crippen molar-refractivity contribution < 1.29 is 18.1 Å². The molecule has 0 aromatic rings. The zero-order valence-corrected chi connectivity index (χ0v) is 11.9. The number of amides is 1. The van der Waals surface area contributed by atoms with Crippen LogP contribution in [0.4, 0.5) is 0 Å². The van der Waals surface area contributed by atoms with Gasteiger partial charge in [-0.1, -0.05) is 0 Å². The summed E-state index contributed by atoms with van der Waals surface area (Å²) in [6, 6.07) is 2.47. The van der Waals surface area contributed by atoms with Gasteiger partial charge in [0, 0.05) is 41.0 Å². The van der Waals surface area contributed by atoms with Gasteiger partial charge in [-0.2, -0.15) is 5.26 Å². The fraction of sp³-hybridized carbons (Fsp3) is 0.800. The van der Waals surface area contributed by atoms with Crippen LogP contribution in [-0.4, -0.2) is 54.5 Å². The van der Waals surface area contributed by atoms with Crippen molar-refractivity contribution in [3.8, 4) is 6.07 Å². The number of nitrogens with zero attached hydrogens (tertiary/aromatic N) is 2. The normalized spacial score (nSPS) is 11.0. The molecule has 0 rings (SSSR count). The summed E-state index contributed by atoms with van der Waals surface area (Å²) in [6.07, 6.45) is 0.632. The van der Waals surface area contributed by atoms with Gasteiger partial charge in [-0.15, -0.1) is 0 Å². The Hall–Kier alpha value is -0.943. The molecule has 0 N–H and O–H groups in total. The number of carbonyl (C=O) groups is 1. The van der Waals surface area contributed by atoms with E-state index in [1.807, 2.05) is 6.07 Å². The van der Waals surface area contributed by atoms with Crippen LogP contribution in [0.2, 0.25) is 6.04 Å². The molecule has 0 radical (unpaired) electrons. The Labute approximate surface area is 103 Å². The standard InChI is InChI=1S/C10H20N2O4Si/c1-12(10(13)6-7-11)8-5-9-17(14-2,15-3)16-4/h5-6,8-9H2,1-4H3. The molecule has 0 atom stereocenters. The van der Waals surface area contributed by atoms with E-state index in [0.29, 0.717) is 12.6 Å². The number of hydrogen-bond acceptors (Lipinski definition) is 5. The first kappa shape index (κ1) is 16.1. The lowest BCUT2D eigenvalue weighted by molar-refractivity contribution is -0.128. The average Bonchev–Trinajstić information content (AvgIpc) is 2.35. The SMILES string of the molecule is CO[Si](CCCN(C)C(=O)CC#N)(OC)OC. The van der Waals surface area contributed by atoms with Crippen LogP contribution in [0.25, 0.3) is 0 Å². The van der Waals surface area contributed by atoms with Gasteiger partial charge in [0.15, 0.2) is 0 Å². The Morgan fingerprint density at radius 3 is 2.24 bits per heavy atom. The second kappa shape index (κ2) is 8.19. The van der Waals surface area contributed by atoms with E-state index in [2.05, 4.69) is 0 Å². The van der Waals surface area contributed by atoms with Crippen LogP contribution in [0.5, 0.6) is 0 Å². The van der Waals surface area contributed by atoms with Crippen molar-refractivity contribution in [2.24, 2.45) is 0 Å². The third-order valence-corrected chi connectivity index (χ3v) is 5.40. The first-order valence-electron chi connectivity index (χ1n) is 5.31. The van der Waals surface area contributed by atoms with Crippen LogP contribution in [0.3, 0.4) is 0 Å². The lowest BCUT2D eigenvalue weighted by Gasteiger charge is -2.25. The molecule has 0 aliphatic rings. The summed E-state index contributed by atoms with van der Waals surface area (Å²) in [5.74, 6) is -0.174. The molecule has 0 aromatic carbocycles. The van der Waals surface area contributed by atoms with Crippen LogP contribution in [-0.2, 0) is 18.1 Å². The fourth-order valence-electron chi connectivity index (χ4n) is 1.42. The van der Waals surface area contributed by atoms with E-state index < -0.39 is 8.80 Å². The summed E-state index contributed by atoms with van der Waals surface area (Å²) in [7, 11) is 3.81. The molecule has 1 amide bonds. The van der Waals surface area contributed by atoms with Gasteiger partial charge >= 0.3 is 8.80 Å². The van der Waals surface area contributed by atoms with Crippen molar-refractivity contribution in [3.05, 3.63) is 0 Å². The van der Waals surface area contributed by atoms with E-state index in [0.717, 1.165) is 6.42 Å². The van der Waals surface area contributed by atoms with Crippen LogP contribution in [0.1, 0.15) is 12.8 Å². The molecule has 0 spiro atoms. The van der Waals surface area contributed by atoms with Gasteiger partial charge in [0.1, 0.15) is 6.42 Å². The number of nitriles is 1. The Morgan fingerprint density at radius 1 is 1.29 bits per heavy atom. The monoisotopic (exact) mass is 260 g/mol. The topological polar surface area (TPSA) is 71.8 Å². The third-order valence-electron chi connectivity index (χ3n) is 2.57. The molecular weight excluding hydrogens is 240 g/mol. The van der Waals surface area contributed by atoms with Gasteiger partial charge in [0.2, 0.25) is 5.91 Å². The summed E-state index contributed by atoms with van der Waals surface area (Å²) in [5.41, 5.74) is 0. The molecule has 17 heavy (non-hydrogen) atoms. The summed E-state index contributed by atoms with van der Waals surface area (Å²) < 4.78 is 15.8. The predicted octanol–water partition coefficient (Wildman–Crippen LogP) is 0.627. The van der Waals surface area contributed by atoms with Gasteiger partial charge in [-0.25, -0.2) is 0 Å². The molecule has 0 saturated heterocycles. The molecule has 7 heteroatoms. The molecule has 98 valence electrons. The van der Waals surface area contributed by atoms with Gasteiger partial charge in [0.05, 0.1) is 6.07 Å². The fourth-order valence-corrected chi connectivity index (χ4v) is 3.12. The van der Waals surface area contributed by atoms with Crippen LogP contribution in [0, 0.1) is 11.3 Å². The second-order valence-electron chi connectivity index (χ2n) is 3.55. The maximum atomic E-state index is 11.3. The molecule has 0 aromatic heterocycles. The van der Waals surface area contributed by atoms with Gasteiger partial charge in [-0.3, -0.25) is 4.79 Å². The largest absolute Gasteiger partial charge is 0.500 e. The molecule has 0 fully saturated rings.